The van der Waals surface area contributed by atoms with Gasteiger partial charge in [0.15, 0.2) is 11.0 Å². The standard InChI is InChI=1S/C17H16N2O6.C16H23NO3S.C10H12F3NO3.C8H11NO2/c1-8-2-3-11(20)19(15(8)22)6-12(21)24-13-9-4-10-14(13)25-16(23)17(10,5-9)7-18;1-3-16(9-5-4-6-10-16)20-14(18)11-17-13(21)8-7-12(2)15(17)19;1-6-3-4-7(15)14(8(6)16)5-9(2,17)10(11,12)13;1-6-4-3-5-9(7(2)10)8(6)11/h9-10,13-14H,1-6H2;2-11H2,1H3;17H,1,3-5H2,2H3;1,3-5H2,2H3. The fourth-order valence-electron chi connectivity index (χ4n) is 10.2. The largest absolute Gasteiger partial charge is 0.458 e. The summed E-state index contributed by atoms with van der Waals surface area (Å²) in [7, 11) is 0. The molecule has 5 heterocycles. The molecule has 5 aliphatic heterocycles. The van der Waals surface area contributed by atoms with Crippen molar-refractivity contribution in [2.45, 2.75) is 153 Å². The van der Waals surface area contributed by atoms with Gasteiger partial charge in [-0.05, 0) is 84.0 Å². The lowest BCUT2D eigenvalue weighted by molar-refractivity contribution is -0.256. The Hall–Kier alpha value is -6.41. The Kier molecular flexibility index (Phi) is 18.5. The molecule has 402 valence electrons. The van der Waals surface area contributed by atoms with E-state index in [-0.39, 0.29) is 78.1 Å². The Bertz CT molecular complexity index is 2480. The van der Waals surface area contributed by atoms with E-state index in [9.17, 15) is 71.5 Å². The number of thiocarbonyl (C=S) groups is 1. The third-order valence-corrected chi connectivity index (χ3v) is 15.1. The third-order valence-electron chi connectivity index (χ3n) is 14.7. The average Bonchev–Trinajstić information content (AvgIpc) is 3.95. The summed E-state index contributed by atoms with van der Waals surface area (Å²) >= 11 is 5.19. The number of carbonyl (C=O) groups excluding carboxylic acids is 10. The van der Waals surface area contributed by atoms with Gasteiger partial charge in [0.1, 0.15) is 30.9 Å². The highest BCUT2D eigenvalue weighted by atomic mass is 32.1. The predicted molar refractivity (Wildman–Crippen MR) is 257 cm³/mol. The van der Waals surface area contributed by atoms with Gasteiger partial charge in [-0.3, -0.25) is 67.5 Å². The number of hydrogen-bond acceptors (Lipinski definition) is 16. The second-order valence-electron chi connectivity index (χ2n) is 19.9. The van der Waals surface area contributed by atoms with Crippen molar-refractivity contribution in [2.75, 3.05) is 26.2 Å². The fourth-order valence-corrected chi connectivity index (χ4v) is 10.4. The number of rotatable bonds is 9. The highest BCUT2D eigenvalue weighted by Gasteiger charge is 2.72. The van der Waals surface area contributed by atoms with Crippen LogP contribution in [-0.2, 0) is 62.2 Å². The molecule has 3 aliphatic carbocycles. The number of esters is 3. The third kappa shape index (κ3) is 12.7. The van der Waals surface area contributed by atoms with Crippen LogP contribution in [0.25, 0.3) is 0 Å². The molecular weight excluding hydrogens is 996 g/mol. The summed E-state index contributed by atoms with van der Waals surface area (Å²) in [5, 5.41) is 18.6. The molecule has 2 bridgehead atoms. The first kappa shape index (κ1) is 58.5. The molecule has 0 aromatic carbocycles. The van der Waals surface area contributed by atoms with Crippen molar-refractivity contribution in [3.63, 3.8) is 0 Å². The number of carbonyl (C=O) groups is 10. The summed E-state index contributed by atoms with van der Waals surface area (Å²) in [5.41, 5.74) is -3.14. The first-order valence-electron chi connectivity index (χ1n) is 24.4. The maximum absolute atomic E-state index is 12.4. The summed E-state index contributed by atoms with van der Waals surface area (Å²) in [6.07, 6.45) is 4.09. The maximum Gasteiger partial charge on any atom is 0.418 e. The SMILES string of the molecule is C=C1CCC(=O)N(CC(=O)OC2C3CC4C2OC(=O)C4(C#N)C3)C1=O.C=C1CCC(=O)N(CC(C)(O)C(F)(F)F)C1=O.C=C1CCC(=S)N(CC(=O)OC2(CC)CCCCC2)C1=O.C=C1CCCN(C(C)=O)C1=O. The van der Waals surface area contributed by atoms with Gasteiger partial charge >= 0.3 is 24.1 Å². The minimum atomic E-state index is -4.91. The van der Waals surface area contributed by atoms with Crippen molar-refractivity contribution in [2.24, 2.45) is 17.3 Å². The zero-order valence-corrected chi connectivity index (χ0v) is 42.6. The van der Waals surface area contributed by atoms with Crippen LogP contribution in [0.1, 0.15) is 124 Å². The minimum Gasteiger partial charge on any atom is -0.458 e. The number of amides is 7. The zero-order valence-electron chi connectivity index (χ0n) is 41.8. The molecule has 8 aliphatic rings. The Morgan fingerprint density at radius 1 is 0.784 bits per heavy atom. The van der Waals surface area contributed by atoms with Crippen LogP contribution in [0.5, 0.6) is 0 Å². The Balaban J connectivity index is 0.000000190. The van der Waals surface area contributed by atoms with E-state index in [1.54, 1.807) is 0 Å². The number of alkyl halides is 3. The summed E-state index contributed by atoms with van der Waals surface area (Å²) in [4.78, 5) is 122. The first-order valence-corrected chi connectivity index (χ1v) is 24.8. The number of fused-ring (bicyclic) bond motifs is 1. The Labute approximate surface area is 431 Å². The number of piperidine rings is 4. The fraction of sp³-hybridized carbons (Fsp3) is 0.608. The van der Waals surface area contributed by atoms with Gasteiger partial charge in [0.25, 0.3) is 23.6 Å². The molecule has 0 aromatic rings. The van der Waals surface area contributed by atoms with Crippen LogP contribution < -0.4 is 0 Å². The van der Waals surface area contributed by atoms with E-state index in [4.69, 9.17) is 26.4 Å². The number of β-amino-alcohol motifs (C(OH)–C–C–N with tert-alkyl or cyclic N) is 1. The van der Waals surface area contributed by atoms with E-state index in [2.05, 4.69) is 39.3 Å². The van der Waals surface area contributed by atoms with Crippen molar-refractivity contribution in [1.29, 1.82) is 5.26 Å². The van der Waals surface area contributed by atoms with Crippen LogP contribution in [0, 0.1) is 28.6 Å². The lowest BCUT2D eigenvalue weighted by Crippen LogP contribution is -2.55. The molecule has 5 saturated heterocycles. The van der Waals surface area contributed by atoms with Gasteiger partial charge in [-0.2, -0.15) is 18.4 Å². The molecule has 8 rings (SSSR count). The molecule has 6 unspecified atom stereocenters. The van der Waals surface area contributed by atoms with E-state index in [1.165, 1.54) is 23.1 Å². The molecular formula is C51H62F3N5O14S. The molecule has 1 N–H and O–H groups in total. The van der Waals surface area contributed by atoms with Crippen LogP contribution in [0.3, 0.4) is 0 Å². The second-order valence-corrected chi connectivity index (χ2v) is 20.4. The van der Waals surface area contributed by atoms with Crippen molar-refractivity contribution in [3.8, 4) is 6.07 Å². The van der Waals surface area contributed by atoms with Crippen LogP contribution in [0.15, 0.2) is 48.6 Å². The molecule has 19 nitrogen and oxygen atoms in total. The Morgan fingerprint density at radius 2 is 1.31 bits per heavy atom. The van der Waals surface area contributed by atoms with Crippen molar-refractivity contribution < 1.29 is 80.4 Å². The summed E-state index contributed by atoms with van der Waals surface area (Å²) < 4.78 is 53.7. The molecule has 23 heteroatoms. The van der Waals surface area contributed by atoms with E-state index in [1.807, 2.05) is 0 Å². The molecule has 0 radical (unpaired) electrons. The molecule has 0 aromatic heterocycles. The molecule has 7 amide bonds. The highest BCUT2D eigenvalue weighted by molar-refractivity contribution is 7.80. The normalized spacial score (nSPS) is 27.2. The number of nitrogens with zero attached hydrogens (tertiary/aromatic N) is 5. The molecule has 3 saturated carbocycles. The summed E-state index contributed by atoms with van der Waals surface area (Å²) in [6, 6.07) is 2.08. The number of hydrogen-bond donors (Lipinski definition) is 1. The first-order chi connectivity index (χ1) is 34.5. The number of likely N-dealkylation sites (tertiary alicyclic amines) is 4. The van der Waals surface area contributed by atoms with E-state index in [0.717, 1.165) is 49.8 Å². The van der Waals surface area contributed by atoms with Gasteiger partial charge < -0.3 is 19.3 Å². The predicted octanol–water partition coefficient (Wildman–Crippen LogP) is 4.94. The minimum absolute atomic E-state index is 0.0709. The zero-order chi connectivity index (χ0) is 55.2. The van der Waals surface area contributed by atoms with Crippen molar-refractivity contribution in [3.05, 3.63) is 48.6 Å². The van der Waals surface area contributed by atoms with Gasteiger partial charge in [-0.15, -0.1) is 0 Å². The van der Waals surface area contributed by atoms with Gasteiger partial charge in [0, 0.05) is 66.9 Å². The van der Waals surface area contributed by atoms with Crippen molar-refractivity contribution in [1.82, 2.24) is 19.6 Å². The van der Waals surface area contributed by atoms with Crippen LogP contribution >= 0.6 is 12.2 Å². The lowest BCUT2D eigenvalue weighted by atomic mass is 9.75. The topological polar surface area (TPSA) is 255 Å². The van der Waals surface area contributed by atoms with Gasteiger partial charge in [-0.25, -0.2) is 0 Å². The summed E-state index contributed by atoms with van der Waals surface area (Å²) in [6.45, 7) is 17.1. The molecule has 8 fully saturated rings. The quantitative estimate of drug-likeness (QED) is 0.105. The van der Waals surface area contributed by atoms with Crippen molar-refractivity contribution >= 4 is 76.5 Å². The van der Waals surface area contributed by atoms with E-state index < -0.39 is 78.1 Å². The number of halogens is 3. The second kappa shape index (κ2) is 23.4. The number of nitriles is 1. The molecule has 6 atom stereocenters. The van der Waals surface area contributed by atoms with Gasteiger partial charge in [0.05, 0.1) is 17.6 Å². The van der Waals surface area contributed by atoms with Gasteiger partial charge in [-0.1, -0.05) is 51.9 Å². The summed E-state index contributed by atoms with van der Waals surface area (Å²) in [5.74, 6) is -5.20. The number of imide groups is 3. The van der Waals surface area contributed by atoms with Gasteiger partial charge in [0.2, 0.25) is 17.7 Å². The Morgan fingerprint density at radius 3 is 1.85 bits per heavy atom. The lowest BCUT2D eigenvalue weighted by Gasteiger charge is -2.37. The monoisotopic (exact) mass is 1060 g/mol. The molecule has 74 heavy (non-hydrogen) atoms. The van der Waals surface area contributed by atoms with Crippen LogP contribution in [0.2, 0.25) is 0 Å². The highest BCUT2D eigenvalue weighted by Crippen LogP contribution is 2.62. The average molecular weight is 1060 g/mol. The maximum atomic E-state index is 12.4. The van der Waals surface area contributed by atoms with E-state index >= 15 is 0 Å². The number of ether oxygens (including phenoxy) is 3. The number of aliphatic hydroxyl groups is 1. The van der Waals surface area contributed by atoms with E-state index in [0.29, 0.717) is 66.6 Å². The molecule has 0 spiro atoms. The van der Waals surface area contributed by atoms with Crippen LogP contribution in [0.4, 0.5) is 13.2 Å². The van der Waals surface area contributed by atoms with Crippen LogP contribution in [-0.4, -0.2) is 145 Å². The smallest absolute Gasteiger partial charge is 0.418 e.